The summed E-state index contributed by atoms with van der Waals surface area (Å²) >= 11 is 0. The van der Waals surface area contributed by atoms with E-state index in [0.717, 1.165) is 29.8 Å². The Bertz CT molecular complexity index is 659. The summed E-state index contributed by atoms with van der Waals surface area (Å²) in [4.78, 5) is 15.7. The molecule has 0 spiro atoms. The number of fused-ring (bicyclic) bond motifs is 1. The summed E-state index contributed by atoms with van der Waals surface area (Å²) in [5, 5.41) is 9.14. The lowest BCUT2D eigenvalue weighted by Gasteiger charge is -2.26. The van der Waals surface area contributed by atoms with Crippen LogP contribution in [0.15, 0.2) is 18.2 Å². The van der Waals surface area contributed by atoms with Crippen LogP contribution in [-0.4, -0.2) is 34.3 Å². The van der Waals surface area contributed by atoms with E-state index in [0.29, 0.717) is 12.2 Å². The first-order valence-electron chi connectivity index (χ1n) is 7.03. The van der Waals surface area contributed by atoms with E-state index in [1.807, 2.05) is 6.92 Å². The van der Waals surface area contributed by atoms with Gasteiger partial charge in [-0.05, 0) is 37.0 Å². The highest BCUT2D eigenvalue weighted by Crippen LogP contribution is 2.27. The summed E-state index contributed by atoms with van der Waals surface area (Å²) in [5.74, 6) is -0.0148. The predicted molar refractivity (Wildman–Crippen MR) is 81.7 cm³/mol. The molecule has 1 N–H and O–H groups in total. The van der Waals surface area contributed by atoms with Gasteiger partial charge in [0, 0.05) is 20.3 Å². The third kappa shape index (κ3) is 3.42. The van der Waals surface area contributed by atoms with Gasteiger partial charge in [0.05, 0.1) is 16.6 Å². The molecule has 0 fully saturated rings. The number of carbonyl (C=O) groups is 1. The second-order valence-corrected chi connectivity index (χ2v) is 6.16. The van der Waals surface area contributed by atoms with Gasteiger partial charge in [-0.2, -0.15) is 0 Å². The number of ether oxygens (including phenoxy) is 1. The molecular weight excluding hydrogens is 268 g/mol. The van der Waals surface area contributed by atoms with Crippen LogP contribution in [0.25, 0.3) is 11.0 Å². The molecule has 0 aliphatic rings. The van der Waals surface area contributed by atoms with E-state index in [2.05, 4.69) is 23.4 Å². The van der Waals surface area contributed by atoms with Gasteiger partial charge in [-0.3, -0.25) is 0 Å². The normalized spacial score (nSPS) is 12.0. The van der Waals surface area contributed by atoms with Crippen LogP contribution in [0.5, 0.6) is 0 Å². The number of imidazole rings is 1. The van der Waals surface area contributed by atoms with Crippen molar-refractivity contribution in [3.63, 3.8) is 0 Å². The summed E-state index contributed by atoms with van der Waals surface area (Å²) in [6.07, 6.45) is 0.932. The van der Waals surface area contributed by atoms with Crippen molar-refractivity contribution in [2.45, 2.75) is 33.7 Å². The number of carboxylic acids is 1. The predicted octanol–water partition coefficient (Wildman–Crippen LogP) is 3.11. The van der Waals surface area contributed by atoms with E-state index in [4.69, 9.17) is 9.84 Å². The Balaban J connectivity index is 2.40. The maximum atomic E-state index is 11.1. The molecule has 114 valence electrons. The highest BCUT2D eigenvalue weighted by molar-refractivity contribution is 5.92. The SMILES string of the molecule is COCCC(C)(C)Cn1c(C)nc2ccc(C(=O)O)cc21. The monoisotopic (exact) mass is 290 g/mol. The van der Waals surface area contributed by atoms with E-state index < -0.39 is 5.97 Å². The first-order valence-corrected chi connectivity index (χ1v) is 7.03. The summed E-state index contributed by atoms with van der Waals surface area (Å²) in [6.45, 7) is 7.80. The molecule has 5 nitrogen and oxygen atoms in total. The molecule has 5 heteroatoms. The van der Waals surface area contributed by atoms with Crippen LogP contribution < -0.4 is 0 Å². The summed E-state index contributed by atoms with van der Waals surface area (Å²) in [5.41, 5.74) is 2.05. The molecule has 0 saturated carbocycles. The molecule has 0 atom stereocenters. The Labute approximate surface area is 124 Å². The lowest BCUT2D eigenvalue weighted by Crippen LogP contribution is -2.22. The number of carboxylic acid groups (broad SMARTS) is 1. The third-order valence-electron chi connectivity index (χ3n) is 3.76. The van der Waals surface area contributed by atoms with E-state index in [-0.39, 0.29) is 5.41 Å². The van der Waals surface area contributed by atoms with Gasteiger partial charge in [-0.1, -0.05) is 13.8 Å². The van der Waals surface area contributed by atoms with Crippen molar-refractivity contribution in [2.24, 2.45) is 5.41 Å². The molecule has 1 aromatic carbocycles. The zero-order valence-corrected chi connectivity index (χ0v) is 13.0. The largest absolute Gasteiger partial charge is 0.478 e. The van der Waals surface area contributed by atoms with Crippen molar-refractivity contribution in [3.05, 3.63) is 29.6 Å². The van der Waals surface area contributed by atoms with Crippen LogP contribution in [0.2, 0.25) is 0 Å². The number of hydrogen-bond donors (Lipinski definition) is 1. The van der Waals surface area contributed by atoms with Crippen LogP contribution in [0, 0.1) is 12.3 Å². The van der Waals surface area contributed by atoms with Crippen molar-refractivity contribution in [1.29, 1.82) is 0 Å². The summed E-state index contributed by atoms with van der Waals surface area (Å²) in [6, 6.07) is 5.06. The Kier molecular flexibility index (Phi) is 4.32. The first kappa shape index (κ1) is 15.5. The van der Waals surface area contributed by atoms with Gasteiger partial charge in [0.1, 0.15) is 5.82 Å². The molecule has 21 heavy (non-hydrogen) atoms. The number of aryl methyl sites for hydroxylation is 1. The molecule has 0 aliphatic carbocycles. The van der Waals surface area contributed by atoms with Crippen LogP contribution >= 0.6 is 0 Å². The molecule has 1 aromatic heterocycles. The van der Waals surface area contributed by atoms with Crippen molar-refractivity contribution < 1.29 is 14.6 Å². The minimum atomic E-state index is -0.916. The van der Waals surface area contributed by atoms with Crippen LogP contribution in [0.3, 0.4) is 0 Å². The van der Waals surface area contributed by atoms with E-state index >= 15 is 0 Å². The third-order valence-corrected chi connectivity index (χ3v) is 3.76. The Morgan fingerprint density at radius 3 is 2.76 bits per heavy atom. The molecule has 0 unspecified atom stereocenters. The quantitative estimate of drug-likeness (QED) is 0.888. The van der Waals surface area contributed by atoms with Crippen LogP contribution in [0.4, 0.5) is 0 Å². The number of rotatable bonds is 6. The van der Waals surface area contributed by atoms with Gasteiger partial charge in [-0.25, -0.2) is 9.78 Å². The molecular formula is C16H22N2O3. The fourth-order valence-electron chi connectivity index (χ4n) is 2.46. The zero-order valence-electron chi connectivity index (χ0n) is 13.0. The maximum Gasteiger partial charge on any atom is 0.335 e. The van der Waals surface area contributed by atoms with Crippen LogP contribution in [-0.2, 0) is 11.3 Å². The first-order chi connectivity index (χ1) is 9.84. The molecule has 1 heterocycles. The highest BCUT2D eigenvalue weighted by Gasteiger charge is 2.21. The lowest BCUT2D eigenvalue weighted by molar-refractivity contribution is 0.0697. The number of hydrogen-bond acceptors (Lipinski definition) is 3. The number of nitrogens with zero attached hydrogens (tertiary/aromatic N) is 2. The van der Waals surface area contributed by atoms with E-state index in [1.165, 1.54) is 0 Å². The number of aromatic nitrogens is 2. The van der Waals surface area contributed by atoms with Gasteiger partial charge in [0.15, 0.2) is 0 Å². The second kappa shape index (κ2) is 5.85. The lowest BCUT2D eigenvalue weighted by atomic mass is 9.89. The average Bonchev–Trinajstić information content (AvgIpc) is 2.72. The van der Waals surface area contributed by atoms with Crippen molar-refractivity contribution >= 4 is 17.0 Å². The standard InChI is InChI=1S/C16H22N2O3/c1-11-17-13-6-5-12(15(19)20)9-14(13)18(11)10-16(2,3)7-8-21-4/h5-6,9H,7-8,10H2,1-4H3,(H,19,20). The van der Waals surface area contributed by atoms with Gasteiger partial charge in [0.2, 0.25) is 0 Å². The summed E-state index contributed by atoms with van der Waals surface area (Å²) in [7, 11) is 1.70. The second-order valence-electron chi connectivity index (χ2n) is 6.16. The number of benzene rings is 1. The Morgan fingerprint density at radius 1 is 1.43 bits per heavy atom. The average molecular weight is 290 g/mol. The Hall–Kier alpha value is -1.88. The molecule has 2 rings (SSSR count). The van der Waals surface area contributed by atoms with Gasteiger partial charge in [0.25, 0.3) is 0 Å². The van der Waals surface area contributed by atoms with Crippen LogP contribution in [0.1, 0.15) is 36.5 Å². The van der Waals surface area contributed by atoms with Gasteiger partial charge >= 0.3 is 5.97 Å². The van der Waals surface area contributed by atoms with Gasteiger partial charge < -0.3 is 14.4 Å². The molecule has 0 aliphatic heterocycles. The molecule has 2 aromatic rings. The summed E-state index contributed by atoms with van der Waals surface area (Å²) < 4.78 is 7.26. The minimum absolute atomic E-state index is 0.0492. The fourth-order valence-corrected chi connectivity index (χ4v) is 2.46. The topological polar surface area (TPSA) is 64.4 Å². The number of methoxy groups -OCH3 is 1. The molecule has 0 amide bonds. The van der Waals surface area contributed by atoms with Gasteiger partial charge in [-0.15, -0.1) is 0 Å². The van der Waals surface area contributed by atoms with Crippen molar-refractivity contribution in [2.75, 3.05) is 13.7 Å². The van der Waals surface area contributed by atoms with Crippen molar-refractivity contribution in [1.82, 2.24) is 9.55 Å². The molecule has 0 saturated heterocycles. The van der Waals surface area contributed by atoms with E-state index in [1.54, 1.807) is 25.3 Å². The smallest absolute Gasteiger partial charge is 0.335 e. The zero-order chi connectivity index (χ0) is 15.6. The Morgan fingerprint density at radius 2 is 2.14 bits per heavy atom. The van der Waals surface area contributed by atoms with Crippen molar-refractivity contribution in [3.8, 4) is 0 Å². The highest BCUT2D eigenvalue weighted by atomic mass is 16.5. The molecule has 0 bridgehead atoms. The van der Waals surface area contributed by atoms with E-state index in [9.17, 15) is 4.79 Å². The fraction of sp³-hybridized carbons (Fsp3) is 0.500. The maximum absolute atomic E-state index is 11.1. The minimum Gasteiger partial charge on any atom is -0.478 e. The molecule has 0 radical (unpaired) electrons. The number of aromatic carboxylic acids is 1.